The average molecular weight is 309 g/mol. The molecule has 0 saturated heterocycles. The van der Waals surface area contributed by atoms with Crippen LogP contribution in [-0.2, 0) is 0 Å². The SMILES string of the molecule is O=C(NC(CCCO)c1ccccc1)c1n[nH]c2ccccc12. The number of hydrogen-bond acceptors (Lipinski definition) is 3. The number of hydrogen-bond donors (Lipinski definition) is 3. The van der Waals surface area contributed by atoms with Gasteiger partial charge in [0.1, 0.15) is 0 Å². The number of nitrogens with zero attached hydrogens (tertiary/aromatic N) is 1. The maximum Gasteiger partial charge on any atom is 0.272 e. The molecule has 0 fully saturated rings. The number of carbonyl (C=O) groups is 1. The van der Waals surface area contributed by atoms with Gasteiger partial charge in [-0.15, -0.1) is 0 Å². The number of carbonyl (C=O) groups excluding carboxylic acids is 1. The minimum atomic E-state index is -0.214. The molecule has 2 aromatic carbocycles. The number of nitrogens with one attached hydrogen (secondary N) is 2. The summed E-state index contributed by atoms with van der Waals surface area (Å²) in [4.78, 5) is 12.6. The third-order valence-electron chi connectivity index (χ3n) is 3.84. The van der Waals surface area contributed by atoms with E-state index < -0.39 is 0 Å². The average Bonchev–Trinajstić information content (AvgIpc) is 3.03. The van der Waals surface area contributed by atoms with E-state index in [0.717, 1.165) is 16.5 Å². The van der Waals surface area contributed by atoms with Gasteiger partial charge in [-0.1, -0.05) is 48.5 Å². The van der Waals surface area contributed by atoms with Gasteiger partial charge in [0, 0.05) is 12.0 Å². The van der Waals surface area contributed by atoms with Crippen molar-refractivity contribution in [1.29, 1.82) is 0 Å². The molecular weight excluding hydrogens is 290 g/mol. The van der Waals surface area contributed by atoms with Crippen LogP contribution in [0.1, 0.15) is 34.9 Å². The highest BCUT2D eigenvalue weighted by Crippen LogP contribution is 2.20. The summed E-state index contributed by atoms with van der Waals surface area (Å²) in [5, 5.41) is 19.9. The van der Waals surface area contributed by atoms with Crippen molar-refractivity contribution < 1.29 is 9.90 Å². The number of aliphatic hydroxyl groups is 1. The Morgan fingerprint density at radius 3 is 2.65 bits per heavy atom. The Morgan fingerprint density at radius 2 is 1.87 bits per heavy atom. The Labute approximate surface area is 134 Å². The minimum Gasteiger partial charge on any atom is -0.396 e. The second kappa shape index (κ2) is 7.07. The summed E-state index contributed by atoms with van der Waals surface area (Å²) in [6.07, 6.45) is 1.30. The summed E-state index contributed by atoms with van der Waals surface area (Å²) in [5.41, 5.74) is 2.25. The Morgan fingerprint density at radius 1 is 1.13 bits per heavy atom. The summed E-state index contributed by atoms with van der Waals surface area (Å²) in [5.74, 6) is -0.214. The van der Waals surface area contributed by atoms with Gasteiger partial charge in [0.05, 0.1) is 11.6 Å². The van der Waals surface area contributed by atoms with Crippen LogP contribution in [0.15, 0.2) is 54.6 Å². The number of H-pyrrole nitrogens is 1. The van der Waals surface area contributed by atoms with Crippen molar-refractivity contribution in [3.8, 4) is 0 Å². The zero-order valence-corrected chi connectivity index (χ0v) is 12.7. The fourth-order valence-electron chi connectivity index (χ4n) is 2.67. The molecule has 1 unspecified atom stereocenters. The third kappa shape index (κ3) is 3.40. The molecule has 1 atom stereocenters. The smallest absolute Gasteiger partial charge is 0.272 e. The van der Waals surface area contributed by atoms with E-state index in [0.29, 0.717) is 18.5 Å². The zero-order valence-electron chi connectivity index (χ0n) is 12.7. The predicted molar refractivity (Wildman–Crippen MR) is 89.1 cm³/mol. The normalized spacial score (nSPS) is 12.2. The molecular formula is C18H19N3O2. The van der Waals surface area contributed by atoms with Crippen LogP contribution in [-0.4, -0.2) is 27.8 Å². The van der Waals surface area contributed by atoms with E-state index in [4.69, 9.17) is 5.11 Å². The number of aromatic amines is 1. The van der Waals surface area contributed by atoms with Gasteiger partial charge in [0.25, 0.3) is 5.91 Å². The second-order valence-electron chi connectivity index (χ2n) is 5.42. The predicted octanol–water partition coefficient (Wildman–Crippen LogP) is 2.81. The molecule has 3 rings (SSSR count). The first-order chi connectivity index (χ1) is 11.3. The lowest BCUT2D eigenvalue weighted by atomic mass is 10.0. The molecule has 0 aliphatic rings. The molecule has 0 radical (unpaired) electrons. The number of aliphatic hydroxyl groups excluding tert-OH is 1. The standard InChI is InChI=1S/C18H19N3O2/c22-12-6-11-15(13-7-2-1-3-8-13)19-18(23)17-14-9-4-5-10-16(14)20-21-17/h1-5,7-10,15,22H,6,11-12H2,(H,19,23)(H,20,21). The highest BCUT2D eigenvalue weighted by Gasteiger charge is 2.19. The van der Waals surface area contributed by atoms with E-state index in [1.54, 1.807) is 0 Å². The fourth-order valence-corrected chi connectivity index (χ4v) is 2.67. The molecule has 0 aliphatic heterocycles. The Kier molecular flexibility index (Phi) is 4.68. The first kappa shape index (κ1) is 15.2. The topological polar surface area (TPSA) is 78.0 Å². The van der Waals surface area contributed by atoms with Crippen molar-refractivity contribution in [3.63, 3.8) is 0 Å². The third-order valence-corrected chi connectivity index (χ3v) is 3.84. The number of benzene rings is 2. The maximum absolute atomic E-state index is 12.6. The quantitative estimate of drug-likeness (QED) is 0.655. The number of rotatable bonds is 6. The summed E-state index contributed by atoms with van der Waals surface area (Å²) in [6.45, 7) is 0.102. The molecule has 0 saturated carbocycles. The lowest BCUT2D eigenvalue weighted by molar-refractivity contribution is 0.0929. The minimum absolute atomic E-state index is 0.102. The Bertz CT molecular complexity index is 783. The zero-order chi connectivity index (χ0) is 16.1. The summed E-state index contributed by atoms with van der Waals surface area (Å²) < 4.78 is 0. The van der Waals surface area contributed by atoms with Gasteiger partial charge in [-0.05, 0) is 24.5 Å². The lowest BCUT2D eigenvalue weighted by Gasteiger charge is -2.18. The van der Waals surface area contributed by atoms with E-state index in [-0.39, 0.29) is 18.6 Å². The van der Waals surface area contributed by atoms with Gasteiger partial charge in [-0.3, -0.25) is 9.89 Å². The molecule has 118 valence electrons. The molecule has 0 aliphatic carbocycles. The van der Waals surface area contributed by atoms with Crippen molar-refractivity contribution in [2.24, 2.45) is 0 Å². The maximum atomic E-state index is 12.6. The fraction of sp³-hybridized carbons (Fsp3) is 0.222. The molecule has 0 bridgehead atoms. The highest BCUT2D eigenvalue weighted by molar-refractivity contribution is 6.04. The van der Waals surface area contributed by atoms with Crippen molar-refractivity contribution >= 4 is 16.8 Å². The van der Waals surface area contributed by atoms with Crippen LogP contribution in [0.25, 0.3) is 10.9 Å². The van der Waals surface area contributed by atoms with E-state index in [1.165, 1.54) is 0 Å². The van der Waals surface area contributed by atoms with Crippen LogP contribution < -0.4 is 5.32 Å². The second-order valence-corrected chi connectivity index (χ2v) is 5.42. The van der Waals surface area contributed by atoms with Crippen LogP contribution in [0, 0.1) is 0 Å². The molecule has 5 heteroatoms. The molecule has 1 heterocycles. The van der Waals surface area contributed by atoms with E-state index in [2.05, 4.69) is 15.5 Å². The lowest BCUT2D eigenvalue weighted by Crippen LogP contribution is -2.29. The number of aromatic nitrogens is 2. The monoisotopic (exact) mass is 309 g/mol. The number of fused-ring (bicyclic) bond motifs is 1. The van der Waals surface area contributed by atoms with Gasteiger partial charge in [-0.2, -0.15) is 5.10 Å². The summed E-state index contributed by atoms with van der Waals surface area (Å²) in [7, 11) is 0. The first-order valence-electron chi connectivity index (χ1n) is 7.69. The molecule has 23 heavy (non-hydrogen) atoms. The van der Waals surface area contributed by atoms with Crippen LogP contribution >= 0.6 is 0 Å². The van der Waals surface area contributed by atoms with Crippen LogP contribution in [0.2, 0.25) is 0 Å². The van der Waals surface area contributed by atoms with Gasteiger partial charge < -0.3 is 10.4 Å². The van der Waals surface area contributed by atoms with Gasteiger partial charge in [0.2, 0.25) is 0 Å². The summed E-state index contributed by atoms with van der Waals surface area (Å²) >= 11 is 0. The molecule has 3 aromatic rings. The van der Waals surface area contributed by atoms with Crippen LogP contribution in [0.3, 0.4) is 0 Å². The van der Waals surface area contributed by atoms with Gasteiger partial charge in [0.15, 0.2) is 5.69 Å². The number of para-hydroxylation sites is 1. The molecule has 3 N–H and O–H groups in total. The molecule has 5 nitrogen and oxygen atoms in total. The molecule has 0 spiro atoms. The van der Waals surface area contributed by atoms with Crippen molar-refractivity contribution in [2.75, 3.05) is 6.61 Å². The van der Waals surface area contributed by atoms with Gasteiger partial charge >= 0.3 is 0 Å². The van der Waals surface area contributed by atoms with Crippen molar-refractivity contribution in [2.45, 2.75) is 18.9 Å². The Balaban J connectivity index is 1.83. The highest BCUT2D eigenvalue weighted by atomic mass is 16.3. The van der Waals surface area contributed by atoms with Crippen LogP contribution in [0.5, 0.6) is 0 Å². The first-order valence-corrected chi connectivity index (χ1v) is 7.69. The summed E-state index contributed by atoms with van der Waals surface area (Å²) in [6, 6.07) is 17.2. The van der Waals surface area contributed by atoms with Crippen LogP contribution in [0.4, 0.5) is 0 Å². The van der Waals surface area contributed by atoms with E-state index >= 15 is 0 Å². The largest absolute Gasteiger partial charge is 0.396 e. The number of amides is 1. The van der Waals surface area contributed by atoms with E-state index in [9.17, 15) is 4.79 Å². The van der Waals surface area contributed by atoms with Gasteiger partial charge in [-0.25, -0.2) is 0 Å². The van der Waals surface area contributed by atoms with Crippen molar-refractivity contribution in [3.05, 3.63) is 65.9 Å². The van der Waals surface area contributed by atoms with E-state index in [1.807, 2.05) is 54.6 Å². The van der Waals surface area contributed by atoms with Crippen molar-refractivity contribution in [1.82, 2.24) is 15.5 Å². The Hall–Kier alpha value is -2.66. The molecule has 1 aromatic heterocycles. The molecule has 1 amide bonds.